The van der Waals surface area contributed by atoms with Gasteiger partial charge in [-0.3, -0.25) is 4.79 Å². The summed E-state index contributed by atoms with van der Waals surface area (Å²) in [5, 5.41) is 12.4. The second-order valence-corrected chi connectivity index (χ2v) is 4.84. The van der Waals surface area contributed by atoms with E-state index in [0.29, 0.717) is 5.58 Å². The quantitative estimate of drug-likeness (QED) is 0.880. The highest BCUT2D eigenvalue weighted by atomic mass is 16.3. The lowest BCUT2D eigenvalue weighted by molar-refractivity contribution is 0.0903. The second-order valence-electron chi connectivity index (χ2n) is 4.84. The summed E-state index contributed by atoms with van der Waals surface area (Å²) in [4.78, 5) is 11.9. The van der Waals surface area contributed by atoms with Gasteiger partial charge in [0.05, 0.1) is 6.07 Å². The van der Waals surface area contributed by atoms with Crippen LogP contribution in [0.1, 0.15) is 30.0 Å². The van der Waals surface area contributed by atoms with Gasteiger partial charge in [-0.2, -0.15) is 5.26 Å². The molecule has 0 fully saturated rings. The lowest BCUT2D eigenvalue weighted by Gasteiger charge is -2.15. The van der Waals surface area contributed by atoms with Crippen LogP contribution in [0.5, 0.6) is 0 Å². The minimum Gasteiger partial charge on any atom is -0.451 e. The van der Waals surface area contributed by atoms with Gasteiger partial charge in [-0.25, -0.2) is 0 Å². The van der Waals surface area contributed by atoms with Crippen molar-refractivity contribution in [2.24, 2.45) is 0 Å². The van der Waals surface area contributed by atoms with Crippen molar-refractivity contribution >= 4 is 16.9 Å². The molecule has 0 spiro atoms. The van der Waals surface area contributed by atoms with Crippen LogP contribution in [0.4, 0.5) is 0 Å². The lowest BCUT2D eigenvalue weighted by atomic mass is 10.1. The monoisotopic (exact) mass is 242 g/mol. The van der Waals surface area contributed by atoms with Crippen LogP contribution in [-0.4, -0.2) is 11.4 Å². The summed E-state index contributed by atoms with van der Waals surface area (Å²) in [6, 6.07) is 9.40. The van der Waals surface area contributed by atoms with Crippen LogP contribution in [0.25, 0.3) is 11.0 Å². The third-order valence-corrected chi connectivity index (χ3v) is 2.60. The van der Waals surface area contributed by atoms with Crippen molar-refractivity contribution in [3.8, 4) is 6.07 Å². The van der Waals surface area contributed by atoms with E-state index in [4.69, 9.17) is 9.68 Å². The van der Waals surface area contributed by atoms with Crippen molar-refractivity contribution in [2.45, 2.75) is 26.3 Å². The van der Waals surface area contributed by atoms with E-state index in [-0.39, 0.29) is 11.7 Å². The van der Waals surface area contributed by atoms with Crippen LogP contribution in [0.3, 0.4) is 0 Å². The molecule has 1 heterocycles. The number of nitriles is 1. The zero-order valence-corrected chi connectivity index (χ0v) is 10.6. The molecule has 2 rings (SSSR count). The Morgan fingerprint density at radius 3 is 2.78 bits per heavy atom. The zero-order chi connectivity index (χ0) is 13.3. The first kappa shape index (κ1) is 12.2. The third kappa shape index (κ3) is 2.35. The van der Waals surface area contributed by atoms with Gasteiger partial charge >= 0.3 is 0 Å². The van der Waals surface area contributed by atoms with Gasteiger partial charge in [-0.05, 0) is 39.0 Å². The van der Waals surface area contributed by atoms with Gasteiger partial charge in [0.25, 0.3) is 5.91 Å². The number of carbonyl (C=O) groups is 1. The normalized spacial score (nSPS) is 11.2. The predicted molar refractivity (Wildman–Crippen MR) is 68.1 cm³/mol. The van der Waals surface area contributed by atoms with Gasteiger partial charge in [0, 0.05) is 5.39 Å². The molecule has 2 aromatic rings. The molecule has 4 nitrogen and oxygen atoms in total. The summed E-state index contributed by atoms with van der Waals surface area (Å²) in [6.45, 7) is 5.25. The first-order valence-electron chi connectivity index (χ1n) is 5.65. The molecular formula is C14H14N2O2. The molecule has 0 aliphatic rings. The molecule has 18 heavy (non-hydrogen) atoms. The van der Waals surface area contributed by atoms with E-state index in [2.05, 4.69) is 5.32 Å². The van der Waals surface area contributed by atoms with E-state index in [0.717, 1.165) is 10.9 Å². The van der Waals surface area contributed by atoms with Gasteiger partial charge in [0.2, 0.25) is 0 Å². The number of fused-ring (bicyclic) bond motifs is 1. The van der Waals surface area contributed by atoms with Crippen LogP contribution in [0, 0.1) is 18.3 Å². The average Bonchev–Trinajstić information content (AvgIpc) is 2.71. The molecule has 0 atom stereocenters. The lowest BCUT2D eigenvalue weighted by Crippen LogP contribution is -2.41. The molecule has 0 aliphatic carbocycles. The van der Waals surface area contributed by atoms with E-state index in [1.807, 2.05) is 31.2 Å². The maximum atomic E-state index is 11.9. The minimum absolute atomic E-state index is 0.221. The fourth-order valence-corrected chi connectivity index (χ4v) is 1.65. The number of carbonyl (C=O) groups excluding carboxylic acids is 1. The Morgan fingerprint density at radius 1 is 1.39 bits per heavy atom. The molecule has 0 aliphatic heterocycles. The van der Waals surface area contributed by atoms with E-state index in [9.17, 15) is 4.79 Å². The Balaban J connectivity index is 2.32. The van der Waals surface area contributed by atoms with Crippen LogP contribution >= 0.6 is 0 Å². The van der Waals surface area contributed by atoms with Crippen LogP contribution in [-0.2, 0) is 0 Å². The minimum atomic E-state index is -0.911. The topological polar surface area (TPSA) is 66.0 Å². The van der Waals surface area contributed by atoms with Gasteiger partial charge in [0.1, 0.15) is 11.1 Å². The molecule has 1 aromatic heterocycles. The first-order chi connectivity index (χ1) is 8.41. The Bertz CT molecular complexity index is 647. The highest BCUT2D eigenvalue weighted by Crippen LogP contribution is 2.20. The molecule has 0 saturated heterocycles. The maximum Gasteiger partial charge on any atom is 0.288 e. The van der Waals surface area contributed by atoms with Crippen molar-refractivity contribution in [3.05, 3.63) is 35.6 Å². The summed E-state index contributed by atoms with van der Waals surface area (Å²) in [5.41, 5.74) is 0.861. The molecule has 0 unspecified atom stereocenters. The smallest absolute Gasteiger partial charge is 0.288 e. The van der Waals surface area contributed by atoms with Crippen molar-refractivity contribution in [1.82, 2.24) is 5.32 Å². The van der Waals surface area contributed by atoms with Crippen molar-refractivity contribution in [2.75, 3.05) is 0 Å². The molecule has 1 aromatic carbocycles. The fourth-order valence-electron chi connectivity index (χ4n) is 1.65. The summed E-state index contributed by atoms with van der Waals surface area (Å²) >= 11 is 0. The van der Waals surface area contributed by atoms with E-state index in [1.165, 1.54) is 0 Å². The van der Waals surface area contributed by atoms with Gasteiger partial charge in [-0.15, -0.1) is 0 Å². The number of hydrogen-bond acceptors (Lipinski definition) is 3. The van der Waals surface area contributed by atoms with Crippen molar-refractivity contribution in [1.29, 1.82) is 5.26 Å². The Kier molecular flexibility index (Phi) is 2.84. The summed E-state index contributed by atoms with van der Waals surface area (Å²) in [5.74, 6) is -0.158. The molecule has 0 saturated carbocycles. The number of nitrogens with one attached hydrogen (secondary N) is 1. The van der Waals surface area contributed by atoms with Gasteiger partial charge < -0.3 is 9.73 Å². The summed E-state index contributed by atoms with van der Waals surface area (Å²) in [6.07, 6.45) is 0. The number of furan rings is 1. The van der Waals surface area contributed by atoms with E-state index in [1.54, 1.807) is 19.9 Å². The molecule has 0 radical (unpaired) electrons. The molecule has 4 heteroatoms. The van der Waals surface area contributed by atoms with Gasteiger partial charge in [-0.1, -0.05) is 11.6 Å². The van der Waals surface area contributed by atoms with E-state index >= 15 is 0 Å². The molecule has 0 bridgehead atoms. The second kappa shape index (κ2) is 4.19. The number of hydrogen-bond donors (Lipinski definition) is 1. The SMILES string of the molecule is Cc1ccc2oc(C(=O)NC(C)(C)C#N)cc2c1. The molecule has 92 valence electrons. The molecule has 1 amide bonds. The third-order valence-electron chi connectivity index (χ3n) is 2.60. The summed E-state index contributed by atoms with van der Waals surface area (Å²) in [7, 11) is 0. The van der Waals surface area contributed by atoms with Gasteiger partial charge in [0.15, 0.2) is 5.76 Å². The van der Waals surface area contributed by atoms with Crippen molar-refractivity contribution in [3.63, 3.8) is 0 Å². The van der Waals surface area contributed by atoms with Crippen molar-refractivity contribution < 1.29 is 9.21 Å². The highest BCUT2D eigenvalue weighted by molar-refractivity contribution is 5.96. The average molecular weight is 242 g/mol. The fraction of sp³-hybridized carbons (Fsp3) is 0.286. The van der Waals surface area contributed by atoms with E-state index < -0.39 is 5.54 Å². The van der Waals surface area contributed by atoms with Crippen LogP contribution in [0.2, 0.25) is 0 Å². The van der Waals surface area contributed by atoms with Crippen LogP contribution < -0.4 is 5.32 Å². The van der Waals surface area contributed by atoms with Crippen LogP contribution in [0.15, 0.2) is 28.7 Å². The number of aryl methyl sites for hydroxylation is 1. The maximum absolute atomic E-state index is 11.9. The largest absolute Gasteiger partial charge is 0.451 e. The zero-order valence-electron chi connectivity index (χ0n) is 10.6. The highest BCUT2D eigenvalue weighted by Gasteiger charge is 2.22. The summed E-state index contributed by atoms with van der Waals surface area (Å²) < 4.78 is 5.45. The standard InChI is InChI=1S/C14H14N2O2/c1-9-4-5-11-10(6-9)7-12(18-11)13(17)16-14(2,3)8-15/h4-7H,1-3H3,(H,16,17). The molecular weight excluding hydrogens is 228 g/mol. The Hall–Kier alpha value is -2.28. The predicted octanol–water partition coefficient (Wildman–Crippen LogP) is 2.77. The number of nitrogens with zero attached hydrogens (tertiary/aromatic N) is 1. The Morgan fingerprint density at radius 2 is 2.11 bits per heavy atom. The Labute approximate surface area is 105 Å². The molecule has 1 N–H and O–H groups in total. The first-order valence-corrected chi connectivity index (χ1v) is 5.65. The number of benzene rings is 1. The number of rotatable bonds is 2. The number of amides is 1.